The molecule has 0 fully saturated rings. The summed E-state index contributed by atoms with van der Waals surface area (Å²) < 4.78 is 20.0. The van der Waals surface area contributed by atoms with Crippen LogP contribution in [0, 0.1) is 22.0 Å². The normalized spacial score (nSPS) is 11.7. The molecule has 0 heterocycles. The Bertz CT molecular complexity index is 713. The highest BCUT2D eigenvalue weighted by atomic mass is 16.8. The zero-order valence-electron chi connectivity index (χ0n) is 16.8. The molecular weight excluding hydrogens is 386 g/mol. The van der Waals surface area contributed by atoms with Crippen LogP contribution in [0.4, 0.5) is 10.5 Å². The van der Waals surface area contributed by atoms with Crippen molar-refractivity contribution in [2.75, 3.05) is 6.61 Å². The fraction of sp³-hybridized carbons (Fsp3) is 0.526. The maximum atomic E-state index is 11.9. The maximum absolute atomic E-state index is 11.9. The summed E-state index contributed by atoms with van der Waals surface area (Å²) in [6, 6.07) is 4.84. The number of esters is 2. The number of nitro groups is 1. The zero-order valence-corrected chi connectivity index (χ0v) is 16.8. The van der Waals surface area contributed by atoms with Crippen molar-refractivity contribution in [1.29, 1.82) is 0 Å². The first-order valence-electron chi connectivity index (χ1n) is 9.09. The Morgan fingerprint density at radius 3 is 2.17 bits per heavy atom. The third-order valence-corrected chi connectivity index (χ3v) is 3.49. The van der Waals surface area contributed by atoms with Gasteiger partial charge in [0, 0.05) is 24.5 Å². The van der Waals surface area contributed by atoms with Gasteiger partial charge in [0.05, 0.1) is 17.4 Å². The van der Waals surface area contributed by atoms with Gasteiger partial charge in [-0.1, -0.05) is 27.7 Å². The summed E-state index contributed by atoms with van der Waals surface area (Å²) in [5, 5.41) is 10.6. The molecule has 1 aromatic carbocycles. The van der Waals surface area contributed by atoms with Crippen LogP contribution in [0.25, 0.3) is 0 Å². The summed E-state index contributed by atoms with van der Waals surface area (Å²) in [6.07, 6.45) is -2.03. The number of nitro benzene ring substituents is 1. The van der Waals surface area contributed by atoms with Gasteiger partial charge in [-0.2, -0.15) is 0 Å². The average Bonchev–Trinajstić information content (AvgIpc) is 2.64. The van der Waals surface area contributed by atoms with Crippen molar-refractivity contribution in [2.24, 2.45) is 11.8 Å². The van der Waals surface area contributed by atoms with E-state index in [4.69, 9.17) is 18.9 Å². The van der Waals surface area contributed by atoms with Gasteiger partial charge < -0.3 is 18.9 Å². The number of nitrogens with zero attached hydrogens (tertiary/aromatic N) is 1. The van der Waals surface area contributed by atoms with Gasteiger partial charge in [0.2, 0.25) is 0 Å². The Hall–Kier alpha value is -3.17. The number of carbonyl (C=O) groups is 3. The van der Waals surface area contributed by atoms with Gasteiger partial charge in [0.15, 0.2) is 0 Å². The number of hydrogen-bond donors (Lipinski definition) is 0. The molecule has 0 saturated carbocycles. The van der Waals surface area contributed by atoms with E-state index in [2.05, 4.69) is 0 Å². The lowest BCUT2D eigenvalue weighted by molar-refractivity contribution is -0.384. The lowest BCUT2D eigenvalue weighted by Gasteiger charge is -2.21. The molecule has 10 nitrogen and oxygen atoms in total. The van der Waals surface area contributed by atoms with Crippen LogP contribution in [-0.2, 0) is 23.8 Å². The van der Waals surface area contributed by atoms with Crippen LogP contribution >= 0.6 is 0 Å². The van der Waals surface area contributed by atoms with E-state index in [9.17, 15) is 24.5 Å². The molecular formula is C19H25NO9. The van der Waals surface area contributed by atoms with Gasteiger partial charge in [0.1, 0.15) is 5.75 Å². The molecule has 0 amide bonds. The van der Waals surface area contributed by atoms with Crippen molar-refractivity contribution < 1.29 is 38.3 Å². The van der Waals surface area contributed by atoms with Gasteiger partial charge in [-0.05, 0) is 18.6 Å². The molecule has 0 N–H and O–H groups in total. The molecule has 1 unspecified atom stereocenters. The van der Waals surface area contributed by atoms with Crippen molar-refractivity contribution in [3.05, 3.63) is 34.4 Å². The van der Waals surface area contributed by atoms with E-state index in [-0.39, 0.29) is 48.7 Å². The molecule has 0 aliphatic heterocycles. The second-order valence-corrected chi connectivity index (χ2v) is 6.75. The maximum Gasteiger partial charge on any atom is 0.516 e. The van der Waals surface area contributed by atoms with E-state index in [0.29, 0.717) is 0 Å². The Morgan fingerprint density at radius 1 is 1.03 bits per heavy atom. The lowest BCUT2D eigenvalue weighted by Crippen LogP contribution is -2.30. The van der Waals surface area contributed by atoms with Gasteiger partial charge in [0.25, 0.3) is 12.0 Å². The largest absolute Gasteiger partial charge is 0.516 e. The fourth-order valence-corrected chi connectivity index (χ4v) is 1.89. The van der Waals surface area contributed by atoms with Crippen LogP contribution in [0.15, 0.2) is 24.3 Å². The molecule has 1 aromatic rings. The minimum atomic E-state index is -1.17. The second kappa shape index (κ2) is 11.6. The molecule has 29 heavy (non-hydrogen) atoms. The number of rotatable bonds is 10. The molecule has 0 aliphatic rings. The van der Waals surface area contributed by atoms with E-state index in [1.165, 1.54) is 24.3 Å². The third-order valence-electron chi connectivity index (χ3n) is 3.49. The van der Waals surface area contributed by atoms with E-state index in [1.54, 1.807) is 27.7 Å². The standard InChI is InChI=1S/C19H25NO9/c1-12(2)17(22)26-11-5-6-16(21)28-18(13(3)4)29-19(23)27-15-9-7-14(8-10-15)20(24)25/h7-10,12-13,18H,5-6,11H2,1-4H3. The summed E-state index contributed by atoms with van der Waals surface area (Å²) in [7, 11) is 0. The van der Waals surface area contributed by atoms with E-state index >= 15 is 0 Å². The highest BCUT2D eigenvalue weighted by Crippen LogP contribution is 2.19. The Balaban J connectivity index is 2.47. The third kappa shape index (κ3) is 9.04. The van der Waals surface area contributed by atoms with Crippen LogP contribution in [0.2, 0.25) is 0 Å². The van der Waals surface area contributed by atoms with Crippen LogP contribution in [0.3, 0.4) is 0 Å². The molecule has 1 atom stereocenters. The predicted molar refractivity (Wildman–Crippen MR) is 100.0 cm³/mol. The molecule has 0 radical (unpaired) electrons. The minimum Gasteiger partial charge on any atom is -0.465 e. The molecule has 0 saturated heterocycles. The number of ether oxygens (including phenoxy) is 4. The van der Waals surface area contributed by atoms with Crippen molar-refractivity contribution >= 4 is 23.8 Å². The van der Waals surface area contributed by atoms with Crippen molar-refractivity contribution in [1.82, 2.24) is 0 Å². The summed E-state index contributed by atoms with van der Waals surface area (Å²) in [6.45, 7) is 6.86. The Labute approximate surface area is 168 Å². The van der Waals surface area contributed by atoms with E-state index in [1.807, 2.05) is 0 Å². The van der Waals surface area contributed by atoms with Crippen LogP contribution in [0.5, 0.6) is 5.75 Å². The van der Waals surface area contributed by atoms with Gasteiger partial charge in [-0.25, -0.2) is 4.79 Å². The van der Waals surface area contributed by atoms with Gasteiger partial charge in [-0.3, -0.25) is 19.7 Å². The molecule has 0 bridgehead atoms. The first-order valence-corrected chi connectivity index (χ1v) is 9.09. The van der Waals surface area contributed by atoms with Gasteiger partial charge in [-0.15, -0.1) is 0 Å². The summed E-state index contributed by atoms with van der Waals surface area (Å²) >= 11 is 0. The van der Waals surface area contributed by atoms with Crippen LogP contribution in [0.1, 0.15) is 40.5 Å². The lowest BCUT2D eigenvalue weighted by atomic mass is 10.2. The quantitative estimate of drug-likeness (QED) is 0.141. The number of non-ortho nitro benzene ring substituents is 1. The monoisotopic (exact) mass is 411 g/mol. The average molecular weight is 411 g/mol. The Morgan fingerprint density at radius 2 is 1.66 bits per heavy atom. The molecule has 0 spiro atoms. The molecule has 10 heteroatoms. The molecule has 0 aromatic heterocycles. The predicted octanol–water partition coefficient (Wildman–Crippen LogP) is 3.61. The summed E-state index contributed by atoms with van der Waals surface area (Å²) in [4.78, 5) is 45.2. The summed E-state index contributed by atoms with van der Waals surface area (Å²) in [5.41, 5.74) is -0.154. The highest BCUT2D eigenvalue weighted by molar-refractivity contribution is 5.72. The Kier molecular flexibility index (Phi) is 9.57. The minimum absolute atomic E-state index is 0.0185. The molecule has 1 rings (SSSR count). The SMILES string of the molecule is CC(C)C(=O)OCCCC(=O)OC(OC(=O)Oc1ccc([N+](=O)[O-])cc1)C(C)C. The van der Waals surface area contributed by atoms with E-state index in [0.717, 1.165) is 0 Å². The van der Waals surface area contributed by atoms with E-state index < -0.39 is 23.3 Å². The summed E-state index contributed by atoms with van der Waals surface area (Å²) in [5.74, 6) is -1.52. The van der Waals surface area contributed by atoms with Crippen molar-refractivity contribution in [3.63, 3.8) is 0 Å². The zero-order chi connectivity index (χ0) is 22.0. The highest BCUT2D eigenvalue weighted by Gasteiger charge is 2.24. The smallest absolute Gasteiger partial charge is 0.465 e. The fourth-order valence-electron chi connectivity index (χ4n) is 1.89. The van der Waals surface area contributed by atoms with Gasteiger partial charge >= 0.3 is 18.1 Å². The van der Waals surface area contributed by atoms with Crippen molar-refractivity contribution in [2.45, 2.75) is 46.8 Å². The van der Waals surface area contributed by atoms with Crippen LogP contribution in [-0.4, -0.2) is 35.9 Å². The van der Waals surface area contributed by atoms with Crippen molar-refractivity contribution in [3.8, 4) is 5.75 Å². The first-order chi connectivity index (χ1) is 13.6. The topological polar surface area (TPSA) is 131 Å². The second-order valence-electron chi connectivity index (χ2n) is 6.75. The number of hydrogen-bond acceptors (Lipinski definition) is 9. The molecule has 0 aliphatic carbocycles. The number of benzene rings is 1. The number of carbonyl (C=O) groups excluding carboxylic acids is 3. The van der Waals surface area contributed by atoms with Crippen LogP contribution < -0.4 is 4.74 Å². The first kappa shape index (κ1) is 23.9. The molecule has 160 valence electrons.